The van der Waals surface area contributed by atoms with Crippen molar-refractivity contribution in [1.82, 2.24) is 9.80 Å². The summed E-state index contributed by atoms with van der Waals surface area (Å²) in [6.45, 7) is 4.76. The van der Waals surface area contributed by atoms with Crippen LogP contribution in [0, 0.1) is 17.3 Å². The average molecular weight is 334 g/mol. The third-order valence-corrected chi connectivity index (χ3v) is 6.84. The molecule has 4 rings (SSSR count). The number of carbonyl (C=O) groups excluding carboxylic acids is 2. The SMILES string of the molecule is O=C([C@@H]1CCOC1)N1CCC[C@@]2(CC1)CCN(CC1CCC1)C2=O. The zero-order chi connectivity index (χ0) is 16.6. The highest BCUT2D eigenvalue weighted by molar-refractivity contribution is 5.85. The Bertz CT molecular complexity index is 499. The molecule has 4 fully saturated rings. The summed E-state index contributed by atoms with van der Waals surface area (Å²) in [6, 6.07) is 0. The maximum absolute atomic E-state index is 13.0. The van der Waals surface area contributed by atoms with Crippen molar-refractivity contribution < 1.29 is 14.3 Å². The van der Waals surface area contributed by atoms with E-state index in [0.29, 0.717) is 19.1 Å². The molecule has 0 aromatic rings. The van der Waals surface area contributed by atoms with Crippen LogP contribution in [0.4, 0.5) is 0 Å². The van der Waals surface area contributed by atoms with E-state index in [-0.39, 0.29) is 17.2 Å². The van der Waals surface area contributed by atoms with Gasteiger partial charge in [-0.1, -0.05) is 6.42 Å². The van der Waals surface area contributed by atoms with Gasteiger partial charge >= 0.3 is 0 Å². The van der Waals surface area contributed by atoms with Gasteiger partial charge in [0.05, 0.1) is 17.9 Å². The van der Waals surface area contributed by atoms with E-state index in [4.69, 9.17) is 4.74 Å². The van der Waals surface area contributed by atoms with Crippen LogP contribution < -0.4 is 0 Å². The number of ether oxygens (including phenoxy) is 1. The summed E-state index contributed by atoms with van der Waals surface area (Å²) in [7, 11) is 0. The van der Waals surface area contributed by atoms with E-state index in [2.05, 4.69) is 4.90 Å². The van der Waals surface area contributed by atoms with E-state index in [1.807, 2.05) is 4.90 Å². The molecule has 0 radical (unpaired) electrons. The number of carbonyl (C=O) groups is 2. The van der Waals surface area contributed by atoms with E-state index in [1.54, 1.807) is 0 Å². The number of hydrogen-bond donors (Lipinski definition) is 0. The van der Waals surface area contributed by atoms with E-state index >= 15 is 0 Å². The van der Waals surface area contributed by atoms with Crippen molar-refractivity contribution in [3.05, 3.63) is 0 Å². The number of likely N-dealkylation sites (tertiary alicyclic amines) is 2. The molecule has 24 heavy (non-hydrogen) atoms. The number of rotatable bonds is 3. The van der Waals surface area contributed by atoms with Crippen LogP contribution in [0.5, 0.6) is 0 Å². The van der Waals surface area contributed by atoms with Gasteiger partial charge < -0.3 is 14.5 Å². The third kappa shape index (κ3) is 2.96. The smallest absolute Gasteiger partial charge is 0.228 e. The second-order valence-corrected chi connectivity index (χ2v) is 8.32. The molecule has 3 aliphatic heterocycles. The van der Waals surface area contributed by atoms with Gasteiger partial charge in [-0.2, -0.15) is 0 Å². The number of hydrogen-bond acceptors (Lipinski definition) is 3. The highest BCUT2D eigenvalue weighted by atomic mass is 16.5. The molecule has 1 spiro atoms. The quantitative estimate of drug-likeness (QED) is 0.794. The van der Waals surface area contributed by atoms with Crippen molar-refractivity contribution in [3.8, 4) is 0 Å². The second kappa shape index (κ2) is 6.66. The monoisotopic (exact) mass is 334 g/mol. The molecule has 0 N–H and O–H groups in total. The molecule has 0 unspecified atom stereocenters. The van der Waals surface area contributed by atoms with Crippen LogP contribution in [0.15, 0.2) is 0 Å². The lowest BCUT2D eigenvalue weighted by Crippen LogP contribution is -2.40. The first-order chi connectivity index (χ1) is 11.7. The molecular formula is C19H30N2O3. The highest BCUT2D eigenvalue weighted by Gasteiger charge is 2.48. The topological polar surface area (TPSA) is 49.9 Å². The minimum Gasteiger partial charge on any atom is -0.381 e. The fourth-order valence-electron chi connectivity index (χ4n) is 4.92. The molecule has 0 aromatic heterocycles. The van der Waals surface area contributed by atoms with E-state index in [0.717, 1.165) is 64.2 Å². The minimum absolute atomic E-state index is 0.0495. The summed E-state index contributed by atoms with van der Waals surface area (Å²) >= 11 is 0. The lowest BCUT2D eigenvalue weighted by atomic mass is 9.79. The van der Waals surface area contributed by atoms with Gasteiger partial charge in [-0.05, 0) is 50.9 Å². The molecule has 5 heteroatoms. The fourth-order valence-corrected chi connectivity index (χ4v) is 4.92. The molecule has 1 aliphatic carbocycles. The first-order valence-corrected chi connectivity index (χ1v) is 9.84. The van der Waals surface area contributed by atoms with Crippen molar-refractivity contribution in [2.24, 2.45) is 17.3 Å². The van der Waals surface area contributed by atoms with Crippen molar-refractivity contribution in [2.45, 2.75) is 51.4 Å². The Morgan fingerprint density at radius 1 is 1.08 bits per heavy atom. The Morgan fingerprint density at radius 3 is 2.62 bits per heavy atom. The maximum Gasteiger partial charge on any atom is 0.228 e. The molecule has 1 saturated carbocycles. The van der Waals surface area contributed by atoms with Crippen LogP contribution in [0.25, 0.3) is 0 Å². The second-order valence-electron chi connectivity index (χ2n) is 8.32. The highest BCUT2D eigenvalue weighted by Crippen LogP contribution is 2.43. The standard InChI is InChI=1S/C19H30N2O3/c22-17(16-5-12-24-14-16)20-9-2-6-19(7-10-20)8-11-21(18(19)23)13-15-3-1-4-15/h15-16H,1-14H2/t16-,19-/m1/s1. The lowest BCUT2D eigenvalue weighted by Gasteiger charge is -2.32. The van der Waals surface area contributed by atoms with Crippen molar-refractivity contribution in [2.75, 3.05) is 39.4 Å². The van der Waals surface area contributed by atoms with Crippen LogP contribution in [0.1, 0.15) is 51.4 Å². The molecule has 2 atom stereocenters. The van der Waals surface area contributed by atoms with Gasteiger partial charge in [-0.3, -0.25) is 9.59 Å². The molecule has 3 heterocycles. The summed E-state index contributed by atoms with van der Waals surface area (Å²) in [4.78, 5) is 29.8. The van der Waals surface area contributed by atoms with Crippen molar-refractivity contribution in [1.29, 1.82) is 0 Å². The first-order valence-electron chi connectivity index (χ1n) is 9.84. The first kappa shape index (κ1) is 16.4. The summed E-state index contributed by atoms with van der Waals surface area (Å²) in [5.41, 5.74) is -0.176. The van der Waals surface area contributed by atoms with E-state index < -0.39 is 0 Å². The summed E-state index contributed by atoms with van der Waals surface area (Å²) in [6.07, 6.45) is 8.54. The Balaban J connectivity index is 1.37. The average Bonchev–Trinajstić information content (AvgIpc) is 3.10. The van der Waals surface area contributed by atoms with Crippen LogP contribution in [0.2, 0.25) is 0 Å². The Morgan fingerprint density at radius 2 is 1.92 bits per heavy atom. The Kier molecular flexibility index (Phi) is 4.54. The van der Waals surface area contributed by atoms with Gasteiger partial charge in [-0.25, -0.2) is 0 Å². The van der Waals surface area contributed by atoms with E-state index in [1.165, 1.54) is 19.3 Å². The molecule has 2 amide bonds. The van der Waals surface area contributed by atoms with Gasteiger partial charge in [0.15, 0.2) is 0 Å². The predicted octanol–water partition coefficient (Wildman–Crippen LogP) is 2.05. The van der Waals surface area contributed by atoms with Crippen LogP contribution in [-0.4, -0.2) is 61.0 Å². The summed E-state index contributed by atoms with van der Waals surface area (Å²) in [5.74, 6) is 1.43. The molecule has 134 valence electrons. The van der Waals surface area contributed by atoms with Crippen LogP contribution >= 0.6 is 0 Å². The zero-order valence-electron chi connectivity index (χ0n) is 14.7. The van der Waals surface area contributed by atoms with Gasteiger partial charge in [0.2, 0.25) is 11.8 Å². The summed E-state index contributed by atoms with van der Waals surface area (Å²) < 4.78 is 5.37. The predicted molar refractivity (Wildman–Crippen MR) is 90.3 cm³/mol. The maximum atomic E-state index is 13.0. The van der Waals surface area contributed by atoms with Gasteiger partial charge in [0.25, 0.3) is 0 Å². The zero-order valence-corrected chi connectivity index (χ0v) is 14.7. The minimum atomic E-state index is -0.176. The molecule has 0 bridgehead atoms. The Labute approximate surface area is 144 Å². The molecular weight excluding hydrogens is 304 g/mol. The van der Waals surface area contributed by atoms with Crippen molar-refractivity contribution in [3.63, 3.8) is 0 Å². The normalized spacial score (nSPS) is 34.7. The fraction of sp³-hybridized carbons (Fsp3) is 0.895. The van der Waals surface area contributed by atoms with Crippen LogP contribution in [0.3, 0.4) is 0 Å². The van der Waals surface area contributed by atoms with Gasteiger partial charge in [-0.15, -0.1) is 0 Å². The molecule has 0 aromatic carbocycles. The number of amides is 2. The lowest BCUT2D eigenvalue weighted by molar-refractivity contribution is -0.139. The van der Waals surface area contributed by atoms with Gasteiger partial charge in [0, 0.05) is 32.8 Å². The van der Waals surface area contributed by atoms with Crippen LogP contribution in [-0.2, 0) is 14.3 Å². The van der Waals surface area contributed by atoms with E-state index in [9.17, 15) is 9.59 Å². The molecule has 5 nitrogen and oxygen atoms in total. The largest absolute Gasteiger partial charge is 0.381 e. The third-order valence-electron chi connectivity index (χ3n) is 6.84. The summed E-state index contributed by atoms with van der Waals surface area (Å²) in [5, 5.41) is 0. The van der Waals surface area contributed by atoms with Crippen molar-refractivity contribution >= 4 is 11.8 Å². The Hall–Kier alpha value is -1.10. The molecule has 3 saturated heterocycles. The van der Waals surface area contributed by atoms with Gasteiger partial charge in [0.1, 0.15) is 0 Å². The molecule has 4 aliphatic rings. The number of nitrogens with zero attached hydrogens (tertiary/aromatic N) is 2.